The first-order chi connectivity index (χ1) is 9.06. The lowest BCUT2D eigenvalue weighted by atomic mass is 10.6. The molecule has 0 aromatic heterocycles. The van der Waals surface area contributed by atoms with Crippen molar-refractivity contribution in [2.24, 2.45) is 0 Å². The maximum absolute atomic E-state index is 11.1. The van der Waals surface area contributed by atoms with Crippen LogP contribution in [0.4, 0.5) is 4.79 Å². The Labute approximate surface area is 112 Å². The highest BCUT2D eigenvalue weighted by Gasteiger charge is 2.01. The van der Waals surface area contributed by atoms with Crippen molar-refractivity contribution in [2.75, 3.05) is 33.2 Å². The molecule has 0 aliphatic heterocycles. The molecule has 0 atom stereocenters. The molecule has 0 saturated carbocycles. The number of rotatable bonds is 10. The van der Waals surface area contributed by atoms with E-state index in [1.165, 1.54) is 0 Å². The Morgan fingerprint density at radius 1 is 1.16 bits per heavy atom. The lowest BCUT2D eigenvalue weighted by Crippen LogP contribution is -2.29. The number of nitrogens with one attached hydrogen (secondary N) is 1. The number of allylic oxidation sites excluding steroid dienone is 1. The predicted octanol–water partition coefficient (Wildman–Crippen LogP) is 0.966. The number of esters is 1. The van der Waals surface area contributed by atoms with Crippen LogP contribution in [0.25, 0.3) is 0 Å². The van der Waals surface area contributed by atoms with Crippen molar-refractivity contribution in [3.63, 3.8) is 0 Å². The van der Waals surface area contributed by atoms with Crippen LogP contribution in [0.15, 0.2) is 25.0 Å². The van der Waals surface area contributed by atoms with Crippen LogP contribution in [0, 0.1) is 0 Å². The fourth-order valence-electron chi connectivity index (χ4n) is 0.809. The molecule has 7 heteroatoms. The van der Waals surface area contributed by atoms with Gasteiger partial charge in [0.25, 0.3) is 0 Å². The third-order valence-electron chi connectivity index (χ3n) is 1.63. The van der Waals surface area contributed by atoms with Crippen LogP contribution in [-0.2, 0) is 23.7 Å². The summed E-state index contributed by atoms with van der Waals surface area (Å²) in [6.45, 7) is 9.06. The molecule has 108 valence electrons. The molecular weight excluding hydrogens is 254 g/mol. The summed E-state index contributed by atoms with van der Waals surface area (Å²) in [5.74, 6) is 0.00816. The van der Waals surface area contributed by atoms with Crippen LogP contribution >= 0.6 is 0 Å². The summed E-state index contributed by atoms with van der Waals surface area (Å²) in [5.41, 5.74) is 0. The first-order valence-corrected chi connectivity index (χ1v) is 5.62. The average Bonchev–Trinajstić information content (AvgIpc) is 2.38. The van der Waals surface area contributed by atoms with Gasteiger partial charge in [0, 0.05) is 6.08 Å². The van der Waals surface area contributed by atoms with E-state index < -0.39 is 12.1 Å². The molecule has 1 N–H and O–H groups in total. The van der Waals surface area contributed by atoms with Crippen LogP contribution < -0.4 is 5.32 Å². The Hall–Kier alpha value is -2.02. The van der Waals surface area contributed by atoms with E-state index in [-0.39, 0.29) is 33.2 Å². The van der Waals surface area contributed by atoms with Gasteiger partial charge in [-0.25, -0.2) is 9.59 Å². The Bertz CT molecular complexity index is 315. The van der Waals surface area contributed by atoms with Crippen molar-refractivity contribution in [1.29, 1.82) is 0 Å². The zero-order valence-corrected chi connectivity index (χ0v) is 11.0. The van der Waals surface area contributed by atoms with Gasteiger partial charge in [-0.15, -0.1) is 0 Å². The van der Waals surface area contributed by atoms with E-state index >= 15 is 0 Å². The second-order valence-corrected chi connectivity index (χ2v) is 3.31. The summed E-state index contributed by atoms with van der Waals surface area (Å²) in [6, 6.07) is 0. The topological polar surface area (TPSA) is 83.1 Å². The molecule has 0 aliphatic carbocycles. The van der Waals surface area contributed by atoms with Crippen LogP contribution in [-0.4, -0.2) is 45.2 Å². The van der Waals surface area contributed by atoms with E-state index in [0.29, 0.717) is 5.76 Å². The molecular formula is C12H19NO6. The molecule has 7 nitrogen and oxygen atoms in total. The minimum atomic E-state index is -0.612. The lowest BCUT2D eigenvalue weighted by Gasteiger charge is -2.08. The number of amides is 1. The number of carbonyl (C=O) groups is 2. The summed E-state index contributed by atoms with van der Waals surface area (Å²) in [6.07, 6.45) is 0.432. The first-order valence-electron chi connectivity index (χ1n) is 5.62. The Kier molecular flexibility index (Phi) is 9.91. The summed E-state index contributed by atoms with van der Waals surface area (Å²) >= 11 is 0. The lowest BCUT2D eigenvalue weighted by molar-refractivity contribution is -0.137. The predicted molar refractivity (Wildman–Crippen MR) is 67.2 cm³/mol. The molecule has 0 bridgehead atoms. The average molecular weight is 273 g/mol. The fraction of sp³-hybridized carbons (Fsp3) is 0.500. The largest absolute Gasteiger partial charge is 0.473 e. The molecule has 19 heavy (non-hydrogen) atoms. The van der Waals surface area contributed by atoms with Crippen molar-refractivity contribution in [3.05, 3.63) is 25.0 Å². The van der Waals surface area contributed by atoms with E-state index in [1.54, 1.807) is 6.92 Å². The van der Waals surface area contributed by atoms with Crippen LogP contribution in [0.1, 0.15) is 6.92 Å². The Morgan fingerprint density at radius 3 is 2.53 bits per heavy atom. The molecule has 0 spiro atoms. The Morgan fingerprint density at radius 2 is 1.89 bits per heavy atom. The molecule has 0 unspecified atom stereocenters. The van der Waals surface area contributed by atoms with Crippen molar-refractivity contribution in [3.8, 4) is 0 Å². The SMILES string of the molecule is C=CC(=O)OCCNC(=O)OCCOCOC(=C)C. The highest BCUT2D eigenvalue weighted by Crippen LogP contribution is 1.90. The smallest absolute Gasteiger partial charge is 0.407 e. The van der Waals surface area contributed by atoms with Gasteiger partial charge in [-0.05, 0) is 6.92 Å². The third kappa shape index (κ3) is 12.2. The van der Waals surface area contributed by atoms with Crippen molar-refractivity contribution in [2.45, 2.75) is 6.92 Å². The highest BCUT2D eigenvalue weighted by molar-refractivity contribution is 5.81. The number of alkyl carbamates (subject to hydrolysis) is 1. The van der Waals surface area contributed by atoms with Gasteiger partial charge in [0.15, 0.2) is 6.79 Å². The van der Waals surface area contributed by atoms with Gasteiger partial charge in [-0.1, -0.05) is 13.2 Å². The van der Waals surface area contributed by atoms with E-state index in [1.807, 2.05) is 0 Å². The molecule has 0 radical (unpaired) electrons. The fourth-order valence-corrected chi connectivity index (χ4v) is 0.809. The van der Waals surface area contributed by atoms with Gasteiger partial charge in [0.2, 0.25) is 0 Å². The normalized spacial score (nSPS) is 9.32. The summed E-state index contributed by atoms with van der Waals surface area (Å²) in [5, 5.41) is 2.40. The maximum Gasteiger partial charge on any atom is 0.407 e. The third-order valence-corrected chi connectivity index (χ3v) is 1.63. The maximum atomic E-state index is 11.1. The van der Waals surface area contributed by atoms with E-state index in [4.69, 9.17) is 14.2 Å². The molecule has 0 fully saturated rings. The van der Waals surface area contributed by atoms with Crippen molar-refractivity contribution in [1.82, 2.24) is 5.32 Å². The second-order valence-electron chi connectivity index (χ2n) is 3.31. The minimum Gasteiger partial charge on any atom is -0.473 e. The van der Waals surface area contributed by atoms with Gasteiger partial charge in [-0.3, -0.25) is 0 Å². The summed E-state index contributed by atoms with van der Waals surface area (Å²) in [7, 11) is 0. The number of ether oxygens (including phenoxy) is 4. The van der Waals surface area contributed by atoms with Gasteiger partial charge < -0.3 is 24.3 Å². The standard InChI is InChI=1S/C12H19NO6/c1-4-11(14)17-6-5-13-12(15)18-8-7-16-9-19-10(2)3/h4H,1-2,5-9H2,3H3,(H,13,15). The highest BCUT2D eigenvalue weighted by atomic mass is 16.7. The van der Waals surface area contributed by atoms with E-state index in [2.05, 4.69) is 23.2 Å². The molecule has 0 saturated heterocycles. The molecule has 0 heterocycles. The van der Waals surface area contributed by atoms with Crippen LogP contribution in [0.5, 0.6) is 0 Å². The number of carbonyl (C=O) groups excluding carboxylic acids is 2. The van der Waals surface area contributed by atoms with Gasteiger partial charge in [0.1, 0.15) is 13.2 Å². The summed E-state index contributed by atoms with van der Waals surface area (Å²) < 4.78 is 19.3. The molecule has 1 amide bonds. The number of hydrogen-bond acceptors (Lipinski definition) is 6. The zero-order valence-electron chi connectivity index (χ0n) is 11.0. The minimum absolute atomic E-state index is 0.0584. The second kappa shape index (κ2) is 11.1. The molecule has 0 aromatic rings. The number of hydrogen-bond donors (Lipinski definition) is 1. The molecule has 0 rings (SSSR count). The Balaban J connectivity index is 3.32. The monoisotopic (exact) mass is 273 g/mol. The van der Waals surface area contributed by atoms with Crippen molar-refractivity contribution < 1.29 is 28.5 Å². The van der Waals surface area contributed by atoms with E-state index in [0.717, 1.165) is 6.08 Å². The van der Waals surface area contributed by atoms with Crippen LogP contribution in [0.3, 0.4) is 0 Å². The van der Waals surface area contributed by atoms with Gasteiger partial charge >= 0.3 is 12.1 Å². The molecule has 0 aromatic carbocycles. The first kappa shape index (κ1) is 17.0. The zero-order chi connectivity index (χ0) is 14.5. The summed E-state index contributed by atoms with van der Waals surface area (Å²) in [4.78, 5) is 21.8. The van der Waals surface area contributed by atoms with Gasteiger partial charge in [0.05, 0.1) is 18.9 Å². The van der Waals surface area contributed by atoms with Crippen LogP contribution in [0.2, 0.25) is 0 Å². The van der Waals surface area contributed by atoms with Gasteiger partial charge in [-0.2, -0.15) is 0 Å². The van der Waals surface area contributed by atoms with Crippen molar-refractivity contribution >= 4 is 12.1 Å². The molecule has 0 aliphatic rings. The van der Waals surface area contributed by atoms with E-state index in [9.17, 15) is 9.59 Å². The quantitative estimate of drug-likeness (QED) is 0.210.